The molecule has 1 aromatic rings. The van der Waals surface area contributed by atoms with Gasteiger partial charge >= 0.3 is 5.97 Å². The molecule has 0 radical (unpaired) electrons. The second-order valence-electron chi connectivity index (χ2n) is 5.30. The van der Waals surface area contributed by atoms with Gasteiger partial charge in [-0.05, 0) is 49.4 Å². The molecule has 0 aromatic heterocycles. The lowest BCUT2D eigenvalue weighted by molar-refractivity contribution is -0.140. The maximum atomic E-state index is 11.8. The van der Waals surface area contributed by atoms with Gasteiger partial charge in [-0.15, -0.1) is 0 Å². The summed E-state index contributed by atoms with van der Waals surface area (Å²) in [5, 5.41) is 11.6. The molecule has 4 heteroatoms. The van der Waals surface area contributed by atoms with E-state index in [1.54, 1.807) is 0 Å². The molecule has 2 N–H and O–H groups in total. The van der Waals surface area contributed by atoms with E-state index >= 15 is 0 Å². The van der Waals surface area contributed by atoms with Gasteiger partial charge in [0.05, 0.1) is 11.8 Å². The van der Waals surface area contributed by atoms with Crippen LogP contribution in [0, 0.1) is 32.6 Å². The first-order valence-electron chi connectivity index (χ1n) is 6.48. The van der Waals surface area contributed by atoms with E-state index in [2.05, 4.69) is 19.2 Å². The Bertz CT molecular complexity index is 536. The summed E-state index contributed by atoms with van der Waals surface area (Å²) in [6.07, 6.45) is 0.465. The van der Waals surface area contributed by atoms with Crippen molar-refractivity contribution < 1.29 is 14.7 Å². The molecule has 1 aromatic carbocycles. The Balaban J connectivity index is 1.95. The predicted molar refractivity (Wildman–Crippen MR) is 71.7 cm³/mol. The topological polar surface area (TPSA) is 66.4 Å². The molecule has 2 rings (SSSR count). The van der Waals surface area contributed by atoms with Gasteiger partial charge in [0, 0.05) is 6.54 Å². The fraction of sp³-hybridized carbons (Fsp3) is 0.467. The molecule has 1 aliphatic rings. The summed E-state index contributed by atoms with van der Waals surface area (Å²) < 4.78 is 0. The summed E-state index contributed by atoms with van der Waals surface area (Å²) in [6.45, 7) is 6.64. The molecule has 0 heterocycles. The van der Waals surface area contributed by atoms with Gasteiger partial charge in [-0.2, -0.15) is 0 Å². The molecule has 1 saturated carbocycles. The normalized spacial score (nSPS) is 21.0. The van der Waals surface area contributed by atoms with Crippen LogP contribution in [0.4, 0.5) is 0 Å². The number of carboxylic acids is 1. The lowest BCUT2D eigenvalue weighted by Crippen LogP contribution is -2.26. The first-order chi connectivity index (χ1) is 8.91. The average molecular weight is 261 g/mol. The molecule has 4 nitrogen and oxygen atoms in total. The highest BCUT2D eigenvalue weighted by atomic mass is 16.4. The summed E-state index contributed by atoms with van der Waals surface area (Å²) in [7, 11) is 0. The Morgan fingerprint density at radius 1 is 1.21 bits per heavy atom. The third-order valence-corrected chi connectivity index (χ3v) is 4.07. The van der Waals surface area contributed by atoms with Crippen LogP contribution in [-0.4, -0.2) is 17.0 Å². The molecule has 19 heavy (non-hydrogen) atoms. The zero-order valence-corrected chi connectivity index (χ0v) is 11.5. The second-order valence-corrected chi connectivity index (χ2v) is 5.30. The van der Waals surface area contributed by atoms with Crippen LogP contribution in [0.15, 0.2) is 12.1 Å². The summed E-state index contributed by atoms with van der Waals surface area (Å²) in [6, 6.07) is 4.06. The minimum Gasteiger partial charge on any atom is -0.481 e. The standard InChI is InChI=1S/C15H19NO3/c1-8-4-5-11(10(3)9(8)2)7-16-14(17)12-6-13(12)15(18)19/h4-5,12-13H,6-7H2,1-3H3,(H,16,17)(H,18,19). The van der Waals surface area contributed by atoms with E-state index in [1.165, 1.54) is 16.7 Å². The van der Waals surface area contributed by atoms with Crippen LogP contribution in [0.5, 0.6) is 0 Å². The van der Waals surface area contributed by atoms with E-state index in [4.69, 9.17) is 5.11 Å². The van der Waals surface area contributed by atoms with E-state index in [9.17, 15) is 9.59 Å². The summed E-state index contributed by atoms with van der Waals surface area (Å²) in [5.74, 6) is -1.85. The number of nitrogens with one attached hydrogen (secondary N) is 1. The highest BCUT2D eigenvalue weighted by Gasteiger charge is 2.48. The molecule has 102 valence electrons. The van der Waals surface area contributed by atoms with Gasteiger partial charge < -0.3 is 10.4 Å². The largest absolute Gasteiger partial charge is 0.481 e. The number of aryl methyl sites for hydroxylation is 1. The predicted octanol–water partition coefficient (Wildman–Crippen LogP) is 1.95. The smallest absolute Gasteiger partial charge is 0.307 e. The van der Waals surface area contributed by atoms with E-state index in [-0.39, 0.29) is 11.8 Å². The molecule has 1 fully saturated rings. The number of benzene rings is 1. The quantitative estimate of drug-likeness (QED) is 0.870. The van der Waals surface area contributed by atoms with Crippen molar-refractivity contribution in [2.45, 2.75) is 33.7 Å². The highest BCUT2D eigenvalue weighted by Crippen LogP contribution is 2.38. The van der Waals surface area contributed by atoms with Crippen molar-refractivity contribution in [1.29, 1.82) is 0 Å². The third kappa shape index (κ3) is 2.78. The van der Waals surface area contributed by atoms with Gasteiger partial charge in [-0.25, -0.2) is 0 Å². The van der Waals surface area contributed by atoms with E-state index in [0.29, 0.717) is 13.0 Å². The summed E-state index contributed by atoms with van der Waals surface area (Å²) >= 11 is 0. The van der Waals surface area contributed by atoms with Gasteiger partial charge in [0.15, 0.2) is 0 Å². The van der Waals surface area contributed by atoms with Gasteiger partial charge in [-0.1, -0.05) is 12.1 Å². The molecular formula is C15H19NO3. The molecule has 0 spiro atoms. The fourth-order valence-electron chi connectivity index (χ4n) is 2.27. The summed E-state index contributed by atoms with van der Waals surface area (Å²) in [5.41, 5.74) is 4.75. The Morgan fingerprint density at radius 3 is 2.47 bits per heavy atom. The Kier molecular flexibility index (Phi) is 3.60. The molecule has 0 bridgehead atoms. The van der Waals surface area contributed by atoms with Crippen molar-refractivity contribution in [3.8, 4) is 0 Å². The van der Waals surface area contributed by atoms with Crippen LogP contribution in [0.3, 0.4) is 0 Å². The van der Waals surface area contributed by atoms with E-state index in [1.807, 2.05) is 19.1 Å². The Hall–Kier alpha value is -1.84. The number of carboxylic acid groups (broad SMARTS) is 1. The zero-order chi connectivity index (χ0) is 14.2. The highest BCUT2D eigenvalue weighted by molar-refractivity contribution is 5.89. The number of carbonyl (C=O) groups excluding carboxylic acids is 1. The molecule has 1 amide bonds. The second kappa shape index (κ2) is 5.03. The molecule has 0 saturated heterocycles. The number of carbonyl (C=O) groups is 2. The molecular weight excluding hydrogens is 242 g/mol. The molecule has 2 unspecified atom stereocenters. The number of aliphatic carboxylic acids is 1. The van der Waals surface area contributed by atoms with Crippen LogP contribution in [0.2, 0.25) is 0 Å². The summed E-state index contributed by atoms with van der Waals surface area (Å²) in [4.78, 5) is 22.5. The SMILES string of the molecule is Cc1ccc(CNC(=O)C2CC2C(=O)O)c(C)c1C. The van der Waals surface area contributed by atoms with E-state index < -0.39 is 11.9 Å². The minimum absolute atomic E-state index is 0.148. The number of hydrogen-bond donors (Lipinski definition) is 2. The van der Waals surface area contributed by atoms with Crippen molar-refractivity contribution in [2.24, 2.45) is 11.8 Å². The van der Waals surface area contributed by atoms with Crippen LogP contribution < -0.4 is 5.32 Å². The van der Waals surface area contributed by atoms with Gasteiger partial charge in [0.25, 0.3) is 0 Å². The first kappa shape index (κ1) is 13.6. The Labute approximate surface area is 112 Å². The van der Waals surface area contributed by atoms with E-state index in [0.717, 1.165) is 5.56 Å². The zero-order valence-electron chi connectivity index (χ0n) is 11.5. The lowest BCUT2D eigenvalue weighted by atomic mass is 9.99. The maximum absolute atomic E-state index is 11.8. The molecule has 2 atom stereocenters. The maximum Gasteiger partial charge on any atom is 0.307 e. The van der Waals surface area contributed by atoms with Crippen molar-refractivity contribution in [1.82, 2.24) is 5.32 Å². The van der Waals surface area contributed by atoms with Gasteiger partial charge in [0.1, 0.15) is 0 Å². The van der Waals surface area contributed by atoms with Crippen LogP contribution in [-0.2, 0) is 16.1 Å². The van der Waals surface area contributed by atoms with Crippen molar-refractivity contribution >= 4 is 11.9 Å². The molecule has 0 aliphatic heterocycles. The Morgan fingerprint density at radius 2 is 1.89 bits per heavy atom. The van der Waals surface area contributed by atoms with Gasteiger partial charge in [0.2, 0.25) is 5.91 Å². The minimum atomic E-state index is -0.873. The third-order valence-electron chi connectivity index (χ3n) is 4.07. The van der Waals surface area contributed by atoms with Crippen LogP contribution in [0.1, 0.15) is 28.7 Å². The average Bonchev–Trinajstić information content (AvgIpc) is 3.15. The molecule has 1 aliphatic carbocycles. The van der Waals surface area contributed by atoms with Crippen molar-refractivity contribution in [3.63, 3.8) is 0 Å². The first-order valence-corrected chi connectivity index (χ1v) is 6.48. The van der Waals surface area contributed by atoms with Crippen LogP contribution in [0.25, 0.3) is 0 Å². The van der Waals surface area contributed by atoms with Crippen molar-refractivity contribution in [2.75, 3.05) is 0 Å². The monoisotopic (exact) mass is 261 g/mol. The number of hydrogen-bond acceptors (Lipinski definition) is 2. The number of amides is 1. The van der Waals surface area contributed by atoms with Gasteiger partial charge in [-0.3, -0.25) is 9.59 Å². The fourth-order valence-corrected chi connectivity index (χ4v) is 2.27. The number of rotatable bonds is 4. The van der Waals surface area contributed by atoms with Crippen molar-refractivity contribution in [3.05, 3.63) is 34.4 Å². The van der Waals surface area contributed by atoms with Crippen LogP contribution >= 0.6 is 0 Å². The lowest BCUT2D eigenvalue weighted by Gasteiger charge is -2.12.